The number of benzene rings is 1. The molecule has 0 aliphatic carbocycles. The Morgan fingerprint density at radius 3 is 2.54 bits per heavy atom. The normalized spacial score (nSPS) is 33.5. The third-order valence-electron chi connectivity index (χ3n) is 9.51. The van der Waals surface area contributed by atoms with Gasteiger partial charge >= 0.3 is 5.97 Å². The molecule has 9 nitrogen and oxygen atoms in total. The van der Waals surface area contributed by atoms with Crippen molar-refractivity contribution in [1.29, 1.82) is 0 Å². The summed E-state index contributed by atoms with van der Waals surface area (Å²) in [5, 5.41) is 21.9. The maximum atomic E-state index is 13.4. The van der Waals surface area contributed by atoms with Gasteiger partial charge in [0.05, 0.1) is 46.8 Å². The van der Waals surface area contributed by atoms with Crippen LogP contribution >= 0.6 is 0 Å². The number of hydrogen-bond donors (Lipinski definition) is 2. The van der Waals surface area contributed by atoms with Gasteiger partial charge in [-0.2, -0.15) is 0 Å². The first-order valence-electron chi connectivity index (χ1n) is 15.0. The molecule has 1 aromatic carbocycles. The van der Waals surface area contributed by atoms with Crippen LogP contribution in [0.4, 0.5) is 0 Å². The monoisotopic (exact) mass is 571 g/mol. The van der Waals surface area contributed by atoms with E-state index < -0.39 is 35.6 Å². The molecule has 1 aromatic heterocycles. The van der Waals surface area contributed by atoms with Crippen molar-refractivity contribution in [3.8, 4) is 0 Å². The highest BCUT2D eigenvalue weighted by Gasteiger charge is 2.53. The Morgan fingerprint density at radius 1 is 1.15 bits per heavy atom. The molecule has 41 heavy (non-hydrogen) atoms. The number of rotatable bonds is 4. The highest BCUT2D eigenvalue weighted by Crippen LogP contribution is 2.46. The zero-order valence-electron chi connectivity index (χ0n) is 26.0. The van der Waals surface area contributed by atoms with Gasteiger partial charge in [0, 0.05) is 25.4 Å². The Balaban J connectivity index is 1.62. The molecular formula is C32H49N3O6. The first kappa shape index (κ1) is 31.6. The molecule has 2 fully saturated rings. The maximum absolute atomic E-state index is 13.4. The molecule has 2 aliphatic heterocycles. The van der Waals surface area contributed by atoms with Gasteiger partial charge in [-0.05, 0) is 64.4 Å². The summed E-state index contributed by atoms with van der Waals surface area (Å²) in [5.74, 6) is -0.660. The van der Waals surface area contributed by atoms with Crippen LogP contribution in [0.5, 0.6) is 0 Å². The number of Topliss-reactive ketones (excluding diaryl/α,β-unsaturated/α-hetero) is 1. The minimum Gasteiger partial charge on any atom is -0.457 e. The van der Waals surface area contributed by atoms with E-state index in [1.54, 1.807) is 20.8 Å². The van der Waals surface area contributed by atoms with Crippen LogP contribution in [-0.4, -0.2) is 81.0 Å². The number of hydrogen-bond acceptors (Lipinski definition) is 8. The molecule has 3 heterocycles. The average Bonchev–Trinajstić information content (AvgIpc) is 3.42. The lowest BCUT2D eigenvalue weighted by molar-refractivity contribution is -0.156. The van der Waals surface area contributed by atoms with Gasteiger partial charge in [0.25, 0.3) is 0 Å². The van der Waals surface area contributed by atoms with Gasteiger partial charge in [-0.1, -0.05) is 40.2 Å². The minimum atomic E-state index is -1.25. The maximum Gasteiger partial charge on any atom is 0.309 e. The first-order chi connectivity index (χ1) is 19.1. The van der Waals surface area contributed by atoms with Crippen molar-refractivity contribution in [2.24, 2.45) is 17.3 Å². The Hall–Kier alpha value is -2.33. The zero-order chi connectivity index (χ0) is 30.3. The lowest BCUT2D eigenvalue weighted by Gasteiger charge is -2.34. The second-order valence-electron chi connectivity index (χ2n) is 13.5. The molecule has 0 saturated carbocycles. The summed E-state index contributed by atoms with van der Waals surface area (Å²) >= 11 is 0. The number of ether oxygens (including phenoxy) is 2. The number of epoxide rings is 1. The first-order valence-corrected chi connectivity index (χ1v) is 15.0. The van der Waals surface area contributed by atoms with E-state index in [4.69, 9.17) is 14.5 Å². The van der Waals surface area contributed by atoms with Gasteiger partial charge in [-0.15, -0.1) is 0 Å². The van der Waals surface area contributed by atoms with Crippen LogP contribution in [-0.2, 0) is 25.6 Å². The van der Waals surface area contributed by atoms with Crippen molar-refractivity contribution in [3.05, 3.63) is 29.6 Å². The average molecular weight is 572 g/mol. The van der Waals surface area contributed by atoms with E-state index in [-0.39, 0.29) is 29.8 Å². The van der Waals surface area contributed by atoms with Gasteiger partial charge < -0.3 is 29.2 Å². The number of carbonyl (C=O) groups is 2. The van der Waals surface area contributed by atoms with Crippen LogP contribution < -0.4 is 0 Å². The summed E-state index contributed by atoms with van der Waals surface area (Å²) in [7, 11) is 4.09. The molecule has 7 atom stereocenters. The number of carbonyl (C=O) groups excluding carboxylic acids is 2. The molecular weight excluding hydrogens is 522 g/mol. The molecule has 9 heteroatoms. The fourth-order valence-electron chi connectivity index (χ4n) is 6.27. The van der Waals surface area contributed by atoms with Gasteiger partial charge in [-0.25, -0.2) is 4.98 Å². The largest absolute Gasteiger partial charge is 0.457 e. The molecule has 2 N–H and O–H groups in total. The molecule has 4 rings (SSSR count). The fraction of sp³-hybridized carbons (Fsp3) is 0.719. The Morgan fingerprint density at radius 2 is 1.85 bits per heavy atom. The number of likely N-dealkylation sites (N-methyl/N-ethyl adjacent to an activating group) is 1. The molecule has 0 amide bonds. The van der Waals surface area contributed by atoms with Crippen LogP contribution in [0, 0.1) is 24.2 Å². The summed E-state index contributed by atoms with van der Waals surface area (Å²) in [5.41, 5.74) is 1.15. The van der Waals surface area contributed by atoms with E-state index in [0.29, 0.717) is 6.42 Å². The summed E-state index contributed by atoms with van der Waals surface area (Å²) in [6.07, 6.45) is -0.145. The second-order valence-corrected chi connectivity index (χ2v) is 13.5. The number of aliphatic hydroxyl groups excluding tert-OH is 2. The molecule has 0 spiro atoms. The van der Waals surface area contributed by atoms with Gasteiger partial charge in [0.15, 0.2) is 0 Å². The number of nitrogens with zero attached hydrogens (tertiary/aromatic N) is 3. The number of cyclic esters (lactones) is 1. The lowest BCUT2D eigenvalue weighted by atomic mass is 9.73. The molecule has 2 aliphatic rings. The van der Waals surface area contributed by atoms with E-state index >= 15 is 0 Å². The topological polar surface area (TPSA) is 117 Å². The molecule has 0 bridgehead atoms. The predicted molar refractivity (Wildman–Crippen MR) is 157 cm³/mol. The zero-order valence-corrected chi connectivity index (χ0v) is 26.0. The molecule has 0 radical (unpaired) electrons. The van der Waals surface area contributed by atoms with E-state index in [9.17, 15) is 19.8 Å². The van der Waals surface area contributed by atoms with E-state index in [1.165, 1.54) is 0 Å². The predicted octanol–water partition coefficient (Wildman–Crippen LogP) is 4.20. The summed E-state index contributed by atoms with van der Waals surface area (Å²) in [6, 6.07) is 6.00. The number of ketones is 1. The summed E-state index contributed by atoms with van der Waals surface area (Å²) in [6.45, 7) is 12.7. The van der Waals surface area contributed by atoms with Crippen molar-refractivity contribution in [3.63, 3.8) is 0 Å². The second kappa shape index (κ2) is 12.1. The van der Waals surface area contributed by atoms with Crippen LogP contribution in [0.3, 0.4) is 0 Å². The number of aromatic nitrogens is 2. The number of imidazole rings is 1. The van der Waals surface area contributed by atoms with E-state index in [2.05, 4.69) is 16.4 Å². The van der Waals surface area contributed by atoms with Gasteiger partial charge in [0.1, 0.15) is 17.7 Å². The van der Waals surface area contributed by atoms with Gasteiger partial charge in [0.2, 0.25) is 0 Å². The Kier molecular flexibility index (Phi) is 9.34. The number of aliphatic hydroxyl groups is 2. The van der Waals surface area contributed by atoms with Crippen molar-refractivity contribution >= 4 is 22.8 Å². The van der Waals surface area contributed by atoms with Crippen LogP contribution in [0.2, 0.25) is 0 Å². The van der Waals surface area contributed by atoms with Crippen molar-refractivity contribution < 1.29 is 29.3 Å². The third kappa shape index (κ3) is 6.85. The van der Waals surface area contributed by atoms with E-state index in [0.717, 1.165) is 54.8 Å². The van der Waals surface area contributed by atoms with Crippen LogP contribution in [0.25, 0.3) is 11.0 Å². The number of fused-ring (bicyclic) bond motifs is 2. The number of aryl methyl sites for hydroxylation is 1. The quantitative estimate of drug-likeness (QED) is 0.414. The van der Waals surface area contributed by atoms with Crippen LogP contribution in [0.1, 0.15) is 84.2 Å². The Labute approximate surface area is 244 Å². The highest BCUT2D eigenvalue weighted by molar-refractivity contribution is 5.88. The molecule has 228 valence electrons. The van der Waals surface area contributed by atoms with Crippen molar-refractivity contribution in [1.82, 2.24) is 14.5 Å². The van der Waals surface area contributed by atoms with Crippen molar-refractivity contribution in [2.75, 3.05) is 20.6 Å². The Bertz CT molecular complexity index is 1260. The lowest BCUT2D eigenvalue weighted by Crippen LogP contribution is -2.45. The summed E-state index contributed by atoms with van der Waals surface area (Å²) in [4.78, 5) is 33.5. The summed E-state index contributed by atoms with van der Waals surface area (Å²) < 4.78 is 14.4. The third-order valence-corrected chi connectivity index (χ3v) is 9.51. The fourth-order valence-corrected chi connectivity index (χ4v) is 6.27. The smallest absolute Gasteiger partial charge is 0.309 e. The number of esters is 1. The SMILES string of the molecule is Cc1nc2cc([C@@H]3C[C@@H]4O[C@]4(C)CCCC(C)[C@H](O)C(C)C(=O)C(C)(C)C(O)CC(=O)O3)ccc2n1CCN(C)C. The minimum absolute atomic E-state index is 0.0783. The molecule has 3 unspecified atom stereocenters. The van der Waals surface area contributed by atoms with E-state index in [1.807, 2.05) is 46.1 Å². The highest BCUT2D eigenvalue weighted by atomic mass is 16.6. The molecule has 2 saturated heterocycles. The van der Waals surface area contributed by atoms with Crippen molar-refractivity contribution in [2.45, 2.75) is 110 Å². The van der Waals surface area contributed by atoms with Gasteiger partial charge in [-0.3, -0.25) is 9.59 Å². The molecule has 2 aromatic rings. The van der Waals surface area contributed by atoms with Crippen LogP contribution in [0.15, 0.2) is 18.2 Å². The standard InChI is InChI=1S/C32H49N3O6/c1-19-10-9-13-32(6)27(41-32)17-25(40-28(37)18-26(36)31(4,5)30(39)20(2)29(19)38)22-11-12-24-23(16-22)33-21(3)35(24)15-14-34(7)8/h11-12,16,19-20,25-27,29,36,38H,9-10,13-15,17-18H2,1-8H3/t19?,20?,25-,26?,27-,29-,32+/m0/s1.